The number of aromatic nitrogens is 1. The monoisotopic (exact) mass is 305 g/mol. The third kappa shape index (κ3) is 3.08. The Kier molecular flexibility index (Phi) is 4.59. The molecule has 1 aromatic rings. The molecule has 0 aliphatic carbocycles. The Morgan fingerprint density at radius 2 is 2.32 bits per heavy atom. The number of nitrogens with one attached hydrogen (secondary N) is 1. The number of rotatable bonds is 3. The van der Waals surface area contributed by atoms with Gasteiger partial charge in [0.05, 0.1) is 13.2 Å². The highest BCUT2D eigenvalue weighted by Gasteiger charge is 2.26. The molecule has 6 nitrogen and oxygen atoms in total. The van der Waals surface area contributed by atoms with E-state index in [2.05, 4.69) is 5.32 Å². The zero-order valence-electron chi connectivity index (χ0n) is 13.0. The molecule has 1 atom stereocenters. The number of nitrogens with zero attached hydrogens (tertiary/aromatic N) is 2. The van der Waals surface area contributed by atoms with E-state index in [4.69, 9.17) is 4.84 Å². The number of pyridine rings is 1. The van der Waals surface area contributed by atoms with Crippen molar-refractivity contribution in [3.63, 3.8) is 0 Å². The summed E-state index contributed by atoms with van der Waals surface area (Å²) < 4.78 is 1.67. The quantitative estimate of drug-likeness (QED) is 0.902. The number of hydroxylamine groups is 2. The van der Waals surface area contributed by atoms with Crippen molar-refractivity contribution in [2.45, 2.75) is 32.7 Å². The summed E-state index contributed by atoms with van der Waals surface area (Å²) in [6.45, 7) is 5.54. The number of hydrogen-bond acceptors (Lipinski definition) is 4. The van der Waals surface area contributed by atoms with Gasteiger partial charge in [0, 0.05) is 12.7 Å². The van der Waals surface area contributed by atoms with Crippen molar-refractivity contribution in [2.75, 3.05) is 26.2 Å². The van der Waals surface area contributed by atoms with Gasteiger partial charge in [0.1, 0.15) is 5.56 Å². The zero-order valence-corrected chi connectivity index (χ0v) is 13.0. The van der Waals surface area contributed by atoms with Gasteiger partial charge in [-0.3, -0.25) is 14.4 Å². The summed E-state index contributed by atoms with van der Waals surface area (Å²) in [7, 11) is 0. The van der Waals surface area contributed by atoms with Gasteiger partial charge in [-0.05, 0) is 56.8 Å². The Hall–Kier alpha value is -1.66. The average Bonchev–Trinajstić information content (AvgIpc) is 3.05. The highest BCUT2D eigenvalue weighted by Crippen LogP contribution is 2.14. The van der Waals surface area contributed by atoms with Gasteiger partial charge < -0.3 is 9.88 Å². The van der Waals surface area contributed by atoms with Gasteiger partial charge in [-0.15, -0.1) is 0 Å². The van der Waals surface area contributed by atoms with Crippen LogP contribution in [0.1, 0.15) is 35.2 Å². The molecule has 1 N–H and O–H groups in total. The van der Waals surface area contributed by atoms with E-state index in [1.807, 2.05) is 6.07 Å². The topological polar surface area (TPSA) is 63.6 Å². The van der Waals surface area contributed by atoms with Crippen LogP contribution in [-0.2, 0) is 11.4 Å². The second kappa shape index (κ2) is 6.62. The third-order valence-electron chi connectivity index (χ3n) is 4.42. The molecule has 2 saturated heterocycles. The molecular formula is C16H23N3O3. The van der Waals surface area contributed by atoms with Gasteiger partial charge in [-0.25, -0.2) is 5.06 Å². The number of hydrogen-bond donors (Lipinski definition) is 1. The zero-order chi connectivity index (χ0) is 15.5. The first kappa shape index (κ1) is 15.2. The maximum absolute atomic E-state index is 12.7. The van der Waals surface area contributed by atoms with Gasteiger partial charge in [0.15, 0.2) is 0 Å². The summed E-state index contributed by atoms with van der Waals surface area (Å²) in [4.78, 5) is 30.5. The molecule has 2 aliphatic rings. The maximum atomic E-state index is 12.7. The minimum Gasteiger partial charge on any atom is -0.316 e. The Balaban J connectivity index is 1.84. The largest absolute Gasteiger partial charge is 0.316 e. The molecule has 6 heteroatoms. The second-order valence-corrected chi connectivity index (χ2v) is 6.14. The van der Waals surface area contributed by atoms with E-state index in [0.29, 0.717) is 31.2 Å². The number of amides is 1. The van der Waals surface area contributed by atoms with Crippen LogP contribution in [0.4, 0.5) is 0 Å². The molecule has 3 rings (SSSR count). The molecule has 0 bridgehead atoms. The predicted molar refractivity (Wildman–Crippen MR) is 82.6 cm³/mol. The molecule has 22 heavy (non-hydrogen) atoms. The molecule has 2 aliphatic heterocycles. The van der Waals surface area contributed by atoms with Gasteiger partial charge >= 0.3 is 0 Å². The molecule has 120 valence electrons. The molecule has 3 heterocycles. The van der Waals surface area contributed by atoms with Gasteiger partial charge in [0.2, 0.25) is 0 Å². The van der Waals surface area contributed by atoms with Crippen molar-refractivity contribution in [3.8, 4) is 0 Å². The van der Waals surface area contributed by atoms with Crippen LogP contribution in [0.25, 0.3) is 0 Å². The lowest BCUT2D eigenvalue weighted by molar-refractivity contribution is -0.0770. The fourth-order valence-electron chi connectivity index (χ4n) is 3.16. The first-order valence-electron chi connectivity index (χ1n) is 8.02. The van der Waals surface area contributed by atoms with E-state index >= 15 is 0 Å². The van der Waals surface area contributed by atoms with Crippen molar-refractivity contribution in [2.24, 2.45) is 5.92 Å². The van der Waals surface area contributed by atoms with Crippen LogP contribution in [0.2, 0.25) is 0 Å². The summed E-state index contributed by atoms with van der Waals surface area (Å²) >= 11 is 0. The molecule has 1 amide bonds. The lowest BCUT2D eigenvalue weighted by Crippen LogP contribution is -2.38. The first-order valence-corrected chi connectivity index (χ1v) is 8.02. The van der Waals surface area contributed by atoms with Gasteiger partial charge in [-0.1, -0.05) is 0 Å². The molecule has 0 spiro atoms. The van der Waals surface area contributed by atoms with Crippen LogP contribution in [0.5, 0.6) is 0 Å². The highest BCUT2D eigenvalue weighted by molar-refractivity contribution is 5.94. The lowest BCUT2D eigenvalue weighted by atomic mass is 9.99. The van der Waals surface area contributed by atoms with Crippen molar-refractivity contribution in [3.05, 3.63) is 33.7 Å². The van der Waals surface area contributed by atoms with Gasteiger partial charge in [-0.2, -0.15) is 0 Å². The van der Waals surface area contributed by atoms with Crippen molar-refractivity contribution >= 4 is 5.91 Å². The summed E-state index contributed by atoms with van der Waals surface area (Å²) in [5.41, 5.74) is 0.753. The Bertz CT molecular complexity index is 599. The summed E-state index contributed by atoms with van der Waals surface area (Å²) in [6.07, 6.45) is 4.87. The number of carbonyl (C=O) groups excluding carboxylic acids is 1. The number of carbonyl (C=O) groups is 1. The van der Waals surface area contributed by atoms with Crippen molar-refractivity contribution in [1.82, 2.24) is 14.9 Å². The van der Waals surface area contributed by atoms with E-state index in [0.717, 1.165) is 32.4 Å². The van der Waals surface area contributed by atoms with Crippen LogP contribution < -0.4 is 10.9 Å². The van der Waals surface area contributed by atoms with E-state index in [1.54, 1.807) is 17.7 Å². The van der Waals surface area contributed by atoms with Crippen LogP contribution in [0.3, 0.4) is 0 Å². The van der Waals surface area contributed by atoms with E-state index in [9.17, 15) is 9.59 Å². The molecule has 0 saturated carbocycles. The fourth-order valence-corrected chi connectivity index (χ4v) is 3.16. The third-order valence-corrected chi connectivity index (χ3v) is 4.42. The lowest BCUT2D eigenvalue weighted by Gasteiger charge is -2.24. The van der Waals surface area contributed by atoms with Crippen molar-refractivity contribution < 1.29 is 9.63 Å². The van der Waals surface area contributed by atoms with E-state index in [1.165, 1.54) is 5.06 Å². The average molecular weight is 305 g/mol. The number of piperidine rings is 1. The predicted octanol–water partition coefficient (Wildman–Crippen LogP) is 0.934. The molecular weight excluding hydrogens is 282 g/mol. The standard InChI is InChI=1S/C16H23N3O3/c1-12-5-8-18(11-13-4-2-6-17-10-13)15(20)14(12)16(21)19-7-3-9-22-19/h5,8,13,17H,2-4,6-7,9-11H2,1H3. The SMILES string of the molecule is Cc1ccn(CC2CCCNC2)c(=O)c1C(=O)N1CCCO1. The highest BCUT2D eigenvalue weighted by atomic mass is 16.7. The van der Waals surface area contributed by atoms with Crippen LogP contribution in [0, 0.1) is 12.8 Å². The molecule has 2 fully saturated rings. The second-order valence-electron chi connectivity index (χ2n) is 6.14. The Morgan fingerprint density at radius 1 is 1.45 bits per heavy atom. The smallest absolute Gasteiger partial charge is 0.283 e. The van der Waals surface area contributed by atoms with Crippen LogP contribution in [0.15, 0.2) is 17.1 Å². The van der Waals surface area contributed by atoms with Gasteiger partial charge in [0.25, 0.3) is 11.5 Å². The minimum absolute atomic E-state index is 0.203. The summed E-state index contributed by atoms with van der Waals surface area (Å²) in [5, 5.41) is 4.67. The molecule has 1 aromatic heterocycles. The molecule has 0 aromatic carbocycles. The van der Waals surface area contributed by atoms with Crippen LogP contribution in [-0.4, -0.2) is 41.8 Å². The van der Waals surface area contributed by atoms with E-state index in [-0.39, 0.29) is 17.0 Å². The maximum Gasteiger partial charge on any atom is 0.283 e. The number of aryl methyl sites for hydroxylation is 1. The van der Waals surface area contributed by atoms with Crippen LogP contribution >= 0.6 is 0 Å². The Morgan fingerprint density at radius 3 is 3.00 bits per heavy atom. The first-order chi connectivity index (χ1) is 10.7. The Labute approximate surface area is 130 Å². The van der Waals surface area contributed by atoms with E-state index < -0.39 is 0 Å². The summed E-state index contributed by atoms with van der Waals surface area (Å²) in [6, 6.07) is 1.85. The normalized spacial score (nSPS) is 22.0. The minimum atomic E-state index is -0.309. The molecule has 0 radical (unpaired) electrons. The van der Waals surface area contributed by atoms with Crippen molar-refractivity contribution in [1.29, 1.82) is 0 Å². The molecule has 1 unspecified atom stereocenters. The fraction of sp³-hybridized carbons (Fsp3) is 0.625. The summed E-state index contributed by atoms with van der Waals surface area (Å²) in [5.74, 6) is 0.135.